The maximum atomic E-state index is 5.52. The number of hydrogen-bond donors (Lipinski definition) is 0. The van der Waals surface area contributed by atoms with Crippen LogP contribution in [-0.2, 0) is 9.31 Å². The average molecular weight is 237 g/mol. The molecule has 97 valence electrons. The third-order valence-corrected chi connectivity index (χ3v) is 4.25. The lowest BCUT2D eigenvalue weighted by molar-refractivity contribution is 0.145. The molecule has 0 aromatic carbocycles. The Hall–Kier alpha value is -0.0151. The quantitative estimate of drug-likeness (QED) is 0.517. The highest BCUT2D eigenvalue weighted by Gasteiger charge is 2.15. The molecular formula is C14H26BO2. The lowest BCUT2D eigenvalue weighted by Crippen LogP contribution is -2.19. The average Bonchev–Trinajstić information content (AvgIpc) is 2.41. The first-order valence-corrected chi connectivity index (χ1v) is 7.50. The molecule has 0 amide bonds. The van der Waals surface area contributed by atoms with Crippen molar-refractivity contribution in [3.8, 4) is 0 Å². The van der Waals surface area contributed by atoms with Crippen LogP contribution in [0.1, 0.15) is 64.2 Å². The Labute approximate surface area is 107 Å². The Morgan fingerprint density at radius 3 is 1.47 bits per heavy atom. The zero-order valence-corrected chi connectivity index (χ0v) is 11.0. The van der Waals surface area contributed by atoms with Crippen molar-refractivity contribution >= 4 is 7.69 Å². The Balaban J connectivity index is 1.42. The van der Waals surface area contributed by atoms with Gasteiger partial charge in [0, 0.05) is 13.2 Å². The van der Waals surface area contributed by atoms with Crippen molar-refractivity contribution in [2.45, 2.75) is 64.2 Å². The highest BCUT2D eigenvalue weighted by Crippen LogP contribution is 2.24. The summed E-state index contributed by atoms with van der Waals surface area (Å²) in [7, 11) is 1.60. The second-order valence-electron chi connectivity index (χ2n) is 5.77. The molecule has 2 nitrogen and oxygen atoms in total. The van der Waals surface area contributed by atoms with E-state index in [1.54, 1.807) is 7.69 Å². The molecule has 17 heavy (non-hydrogen) atoms. The standard InChI is InChI=1S/C14H26BO2/c1-3-7-13(8-4-1)11-16-15-17-12-14-9-5-2-6-10-14/h13-14H,1-12H2. The van der Waals surface area contributed by atoms with E-state index in [0.29, 0.717) is 0 Å². The van der Waals surface area contributed by atoms with Crippen LogP contribution in [0.3, 0.4) is 0 Å². The monoisotopic (exact) mass is 237 g/mol. The molecule has 0 spiro atoms. The van der Waals surface area contributed by atoms with E-state index in [-0.39, 0.29) is 0 Å². The zero-order chi connectivity index (χ0) is 11.8. The molecule has 0 aromatic rings. The maximum Gasteiger partial charge on any atom is 0.488 e. The third kappa shape index (κ3) is 5.43. The van der Waals surface area contributed by atoms with Crippen LogP contribution in [0.25, 0.3) is 0 Å². The fourth-order valence-corrected chi connectivity index (χ4v) is 3.11. The van der Waals surface area contributed by atoms with Gasteiger partial charge in [0.2, 0.25) is 0 Å². The summed E-state index contributed by atoms with van der Waals surface area (Å²) in [5.41, 5.74) is 0. The van der Waals surface area contributed by atoms with Crippen LogP contribution in [0, 0.1) is 11.8 Å². The van der Waals surface area contributed by atoms with Gasteiger partial charge in [0.25, 0.3) is 0 Å². The predicted octanol–water partition coefficient (Wildman–Crippen LogP) is 3.71. The molecule has 0 saturated heterocycles. The Bertz CT molecular complexity index is 167. The minimum absolute atomic E-state index is 0.776. The molecule has 0 aromatic heterocycles. The second kappa shape index (κ2) is 8.15. The Morgan fingerprint density at radius 2 is 1.06 bits per heavy atom. The van der Waals surface area contributed by atoms with Gasteiger partial charge in [0.05, 0.1) is 0 Å². The number of hydrogen-bond acceptors (Lipinski definition) is 2. The highest BCUT2D eigenvalue weighted by atomic mass is 16.6. The topological polar surface area (TPSA) is 18.5 Å². The lowest BCUT2D eigenvalue weighted by Gasteiger charge is -2.22. The minimum atomic E-state index is 0.776. The van der Waals surface area contributed by atoms with Gasteiger partial charge in [-0.15, -0.1) is 0 Å². The minimum Gasteiger partial charge on any atom is -0.413 e. The van der Waals surface area contributed by atoms with Crippen molar-refractivity contribution in [3.63, 3.8) is 0 Å². The van der Waals surface area contributed by atoms with Crippen LogP contribution in [0.15, 0.2) is 0 Å². The molecule has 1 radical (unpaired) electrons. The van der Waals surface area contributed by atoms with E-state index < -0.39 is 0 Å². The summed E-state index contributed by atoms with van der Waals surface area (Å²) in [6.07, 6.45) is 13.7. The van der Waals surface area contributed by atoms with Crippen molar-refractivity contribution in [2.24, 2.45) is 11.8 Å². The maximum absolute atomic E-state index is 5.52. The van der Waals surface area contributed by atoms with Crippen LogP contribution in [0.2, 0.25) is 0 Å². The van der Waals surface area contributed by atoms with Crippen LogP contribution in [0.5, 0.6) is 0 Å². The van der Waals surface area contributed by atoms with E-state index >= 15 is 0 Å². The fourth-order valence-electron chi connectivity index (χ4n) is 3.11. The second-order valence-corrected chi connectivity index (χ2v) is 5.77. The van der Waals surface area contributed by atoms with Crippen LogP contribution in [-0.4, -0.2) is 20.9 Å². The molecule has 0 bridgehead atoms. The van der Waals surface area contributed by atoms with Gasteiger partial charge < -0.3 is 9.31 Å². The van der Waals surface area contributed by atoms with Gasteiger partial charge in [-0.25, -0.2) is 0 Å². The largest absolute Gasteiger partial charge is 0.488 e. The molecule has 0 heterocycles. The molecule has 2 aliphatic carbocycles. The third-order valence-electron chi connectivity index (χ3n) is 4.25. The van der Waals surface area contributed by atoms with Gasteiger partial charge in [-0.05, 0) is 37.5 Å². The van der Waals surface area contributed by atoms with Crippen molar-refractivity contribution in [1.29, 1.82) is 0 Å². The molecule has 2 fully saturated rings. The summed E-state index contributed by atoms with van der Waals surface area (Å²) in [6.45, 7) is 1.73. The molecule has 0 N–H and O–H groups in total. The van der Waals surface area contributed by atoms with Crippen molar-refractivity contribution < 1.29 is 9.31 Å². The van der Waals surface area contributed by atoms with E-state index in [1.165, 1.54) is 64.2 Å². The SMILES string of the molecule is [B](OCC1CCCCC1)OCC1CCCCC1. The zero-order valence-electron chi connectivity index (χ0n) is 11.0. The molecule has 3 heteroatoms. The molecule has 2 rings (SSSR count). The van der Waals surface area contributed by atoms with Gasteiger partial charge in [0.1, 0.15) is 0 Å². The van der Waals surface area contributed by atoms with E-state index in [0.717, 1.165) is 25.0 Å². The van der Waals surface area contributed by atoms with E-state index in [2.05, 4.69) is 0 Å². The van der Waals surface area contributed by atoms with Crippen molar-refractivity contribution in [2.75, 3.05) is 13.2 Å². The molecule has 0 atom stereocenters. The summed E-state index contributed by atoms with van der Waals surface area (Å²) in [5.74, 6) is 1.55. The van der Waals surface area contributed by atoms with Crippen LogP contribution >= 0.6 is 0 Å². The van der Waals surface area contributed by atoms with Crippen molar-refractivity contribution in [1.82, 2.24) is 0 Å². The molecule has 0 unspecified atom stereocenters. The summed E-state index contributed by atoms with van der Waals surface area (Å²) >= 11 is 0. The summed E-state index contributed by atoms with van der Waals surface area (Å²) in [6, 6.07) is 0. The van der Waals surface area contributed by atoms with Gasteiger partial charge in [-0.2, -0.15) is 0 Å². The lowest BCUT2D eigenvalue weighted by atomic mass is 9.89. The predicted molar refractivity (Wildman–Crippen MR) is 70.8 cm³/mol. The summed E-state index contributed by atoms with van der Waals surface area (Å²) in [5, 5.41) is 0. The van der Waals surface area contributed by atoms with E-state index in [4.69, 9.17) is 9.31 Å². The van der Waals surface area contributed by atoms with Gasteiger partial charge >= 0.3 is 7.69 Å². The summed E-state index contributed by atoms with van der Waals surface area (Å²) in [4.78, 5) is 0. The smallest absolute Gasteiger partial charge is 0.413 e. The van der Waals surface area contributed by atoms with Crippen LogP contribution in [0.4, 0.5) is 0 Å². The van der Waals surface area contributed by atoms with Gasteiger partial charge in [-0.1, -0.05) is 38.5 Å². The highest BCUT2D eigenvalue weighted by molar-refractivity contribution is 6.17. The van der Waals surface area contributed by atoms with E-state index in [9.17, 15) is 0 Å². The van der Waals surface area contributed by atoms with Gasteiger partial charge in [0.15, 0.2) is 0 Å². The van der Waals surface area contributed by atoms with Crippen molar-refractivity contribution in [3.05, 3.63) is 0 Å². The Morgan fingerprint density at radius 1 is 0.647 bits per heavy atom. The molecule has 2 saturated carbocycles. The normalized spacial score (nSPS) is 23.8. The first-order chi connectivity index (χ1) is 8.45. The molecular weight excluding hydrogens is 211 g/mol. The van der Waals surface area contributed by atoms with Crippen LogP contribution < -0.4 is 0 Å². The summed E-state index contributed by atoms with van der Waals surface area (Å²) < 4.78 is 11.0. The Kier molecular flexibility index (Phi) is 6.43. The fraction of sp³-hybridized carbons (Fsp3) is 1.00. The first kappa shape index (κ1) is 13.4. The number of rotatable bonds is 6. The first-order valence-electron chi connectivity index (χ1n) is 7.50. The van der Waals surface area contributed by atoms with E-state index in [1.807, 2.05) is 0 Å². The molecule has 0 aliphatic heterocycles. The molecule has 2 aliphatic rings. The van der Waals surface area contributed by atoms with Gasteiger partial charge in [-0.3, -0.25) is 0 Å².